The molecule has 2 amide bonds. The number of esters is 1. The van der Waals surface area contributed by atoms with E-state index < -0.39 is 22.9 Å². The molecule has 0 N–H and O–H groups in total. The lowest BCUT2D eigenvalue weighted by molar-refractivity contribution is -0.123. The number of imide groups is 1. The third kappa shape index (κ3) is 5.51. The molecule has 11 heteroatoms. The highest BCUT2D eigenvalue weighted by Crippen LogP contribution is 2.40. The summed E-state index contributed by atoms with van der Waals surface area (Å²) in [6.07, 6.45) is 1.50. The summed E-state index contributed by atoms with van der Waals surface area (Å²) in [4.78, 5) is 39.2. The largest absolute Gasteiger partial charge is 0.493 e. The summed E-state index contributed by atoms with van der Waals surface area (Å²) in [6.45, 7) is -0.287. The second-order valence-electron chi connectivity index (χ2n) is 7.37. The molecule has 6 nitrogen and oxygen atoms in total. The quantitative estimate of drug-likeness (QED) is 0.156. The lowest BCUT2D eigenvalue weighted by Gasteiger charge is -2.14. The fourth-order valence-electron chi connectivity index (χ4n) is 3.33. The van der Waals surface area contributed by atoms with Crippen LogP contribution in [0.2, 0.25) is 5.02 Å². The van der Waals surface area contributed by atoms with Gasteiger partial charge in [0.05, 0.1) is 28.6 Å². The van der Waals surface area contributed by atoms with Gasteiger partial charge in [0.1, 0.15) is 5.82 Å². The maximum atomic E-state index is 14.2. The maximum absolute atomic E-state index is 14.2. The van der Waals surface area contributed by atoms with Crippen molar-refractivity contribution in [2.24, 2.45) is 0 Å². The molecule has 1 aliphatic rings. The Balaban J connectivity index is 1.59. The molecular formula is C25H15Br2ClFNO5S. The molecule has 36 heavy (non-hydrogen) atoms. The van der Waals surface area contributed by atoms with E-state index >= 15 is 0 Å². The smallest absolute Gasteiger partial charge is 0.344 e. The van der Waals surface area contributed by atoms with E-state index in [9.17, 15) is 18.8 Å². The molecule has 3 aromatic rings. The molecule has 0 aliphatic carbocycles. The molecule has 0 aromatic heterocycles. The lowest BCUT2D eigenvalue weighted by Crippen LogP contribution is -2.28. The van der Waals surface area contributed by atoms with E-state index in [1.807, 2.05) is 0 Å². The summed E-state index contributed by atoms with van der Waals surface area (Å²) in [5.41, 5.74) is 0.899. The molecule has 1 aliphatic heterocycles. The number of rotatable bonds is 6. The number of nitrogens with zero attached hydrogens (tertiary/aromatic N) is 1. The highest BCUT2D eigenvalue weighted by atomic mass is 79.9. The molecule has 0 unspecified atom stereocenters. The number of ether oxygens (including phenoxy) is 2. The second kappa shape index (κ2) is 11.2. The summed E-state index contributed by atoms with van der Waals surface area (Å²) in [7, 11) is 1.41. The Kier molecular flexibility index (Phi) is 8.19. The molecule has 184 valence electrons. The van der Waals surface area contributed by atoms with Crippen LogP contribution in [-0.2, 0) is 11.3 Å². The van der Waals surface area contributed by atoms with Crippen molar-refractivity contribution in [1.82, 2.24) is 4.90 Å². The second-order valence-corrected chi connectivity index (χ2v) is 10.5. The molecular weight excluding hydrogens is 641 g/mol. The van der Waals surface area contributed by atoms with Crippen LogP contribution in [0.15, 0.2) is 68.4 Å². The molecule has 0 saturated carbocycles. The van der Waals surface area contributed by atoms with E-state index in [2.05, 4.69) is 31.9 Å². The van der Waals surface area contributed by atoms with Gasteiger partial charge in [0.2, 0.25) is 0 Å². The summed E-state index contributed by atoms with van der Waals surface area (Å²) in [5.74, 6) is -1.40. The predicted molar refractivity (Wildman–Crippen MR) is 143 cm³/mol. The molecule has 0 radical (unpaired) electrons. The maximum Gasteiger partial charge on any atom is 0.344 e. The first-order chi connectivity index (χ1) is 17.2. The van der Waals surface area contributed by atoms with E-state index in [0.29, 0.717) is 20.1 Å². The Hall–Kier alpha value is -2.66. The predicted octanol–water partition coefficient (Wildman–Crippen LogP) is 7.47. The Morgan fingerprint density at radius 3 is 2.56 bits per heavy atom. The minimum atomic E-state index is -0.605. The fraction of sp³-hybridized carbons (Fsp3) is 0.0800. The standard InChI is InChI=1S/C25H15Br2ClFNO5S/c1-34-20-10-13(9-17(27)22(20)35-24(32)14-5-2-3-6-16(14)26)11-21-23(31)30(25(33)36-21)12-15-18(28)7-4-8-19(15)29/h2-11H,12H2,1H3/b21-11-. The number of carbonyl (C=O) groups excluding carboxylic acids is 3. The third-order valence-electron chi connectivity index (χ3n) is 5.09. The first-order valence-corrected chi connectivity index (χ1v) is 13.0. The topological polar surface area (TPSA) is 72.9 Å². The monoisotopic (exact) mass is 653 g/mol. The van der Waals surface area contributed by atoms with E-state index in [-0.39, 0.29) is 33.5 Å². The molecule has 1 saturated heterocycles. The third-order valence-corrected chi connectivity index (χ3v) is 7.63. The zero-order valence-corrected chi connectivity index (χ0v) is 23.1. The van der Waals surface area contributed by atoms with Crippen LogP contribution in [0.1, 0.15) is 21.5 Å². The van der Waals surface area contributed by atoms with Crippen LogP contribution in [0.4, 0.5) is 9.18 Å². The van der Waals surface area contributed by atoms with Crippen molar-refractivity contribution in [1.29, 1.82) is 0 Å². The van der Waals surface area contributed by atoms with Gasteiger partial charge in [-0.15, -0.1) is 0 Å². The highest BCUT2D eigenvalue weighted by Gasteiger charge is 2.36. The fourth-order valence-corrected chi connectivity index (χ4v) is 5.37. The van der Waals surface area contributed by atoms with Gasteiger partial charge in [-0.1, -0.05) is 29.8 Å². The minimum absolute atomic E-state index is 0.0587. The van der Waals surface area contributed by atoms with Crippen LogP contribution in [0.25, 0.3) is 6.08 Å². The van der Waals surface area contributed by atoms with Crippen LogP contribution in [0.3, 0.4) is 0 Å². The Morgan fingerprint density at radius 1 is 1.11 bits per heavy atom. The zero-order valence-electron chi connectivity index (χ0n) is 18.4. The van der Waals surface area contributed by atoms with Crippen molar-refractivity contribution >= 4 is 78.4 Å². The van der Waals surface area contributed by atoms with Gasteiger partial charge >= 0.3 is 5.97 Å². The average molecular weight is 656 g/mol. The SMILES string of the molecule is COc1cc(/C=C2\SC(=O)N(Cc3c(F)cccc3Cl)C2=O)cc(Br)c1OC(=O)c1ccccc1Br. The number of hydrogen-bond acceptors (Lipinski definition) is 6. The van der Waals surface area contributed by atoms with Crippen molar-refractivity contribution in [2.45, 2.75) is 6.54 Å². The normalized spacial score (nSPS) is 14.5. The molecule has 0 atom stereocenters. The summed E-state index contributed by atoms with van der Waals surface area (Å²) < 4.78 is 26.1. The Bertz CT molecular complexity index is 1410. The molecule has 4 rings (SSSR count). The van der Waals surface area contributed by atoms with Gasteiger partial charge in [-0.3, -0.25) is 14.5 Å². The van der Waals surface area contributed by atoms with E-state index in [0.717, 1.165) is 16.7 Å². The molecule has 0 bridgehead atoms. The molecule has 1 fully saturated rings. The van der Waals surface area contributed by atoms with Crippen molar-refractivity contribution < 1.29 is 28.2 Å². The summed E-state index contributed by atoms with van der Waals surface area (Å²) >= 11 is 13.5. The van der Waals surface area contributed by atoms with Crippen LogP contribution in [0.5, 0.6) is 11.5 Å². The number of carbonyl (C=O) groups is 3. The summed E-state index contributed by atoms with van der Waals surface area (Å²) in [5, 5.41) is -0.421. The number of thioether (sulfide) groups is 1. The van der Waals surface area contributed by atoms with Crippen LogP contribution in [-0.4, -0.2) is 29.1 Å². The van der Waals surface area contributed by atoms with Gasteiger partial charge in [-0.2, -0.15) is 0 Å². The van der Waals surface area contributed by atoms with Crippen LogP contribution in [0, 0.1) is 5.82 Å². The first kappa shape index (κ1) is 26.4. The van der Waals surface area contributed by atoms with E-state index in [1.165, 1.54) is 31.4 Å². The van der Waals surface area contributed by atoms with Crippen LogP contribution < -0.4 is 9.47 Å². The van der Waals surface area contributed by atoms with Gasteiger partial charge in [0, 0.05) is 15.1 Å². The number of amides is 2. The zero-order chi connectivity index (χ0) is 26.0. The Morgan fingerprint density at radius 2 is 1.86 bits per heavy atom. The average Bonchev–Trinajstić information content (AvgIpc) is 3.10. The molecule has 1 heterocycles. The lowest BCUT2D eigenvalue weighted by atomic mass is 10.1. The summed E-state index contributed by atoms with van der Waals surface area (Å²) in [6, 6.07) is 14.2. The van der Waals surface area contributed by atoms with Gasteiger partial charge < -0.3 is 9.47 Å². The van der Waals surface area contributed by atoms with Gasteiger partial charge in [-0.05, 0) is 91.7 Å². The van der Waals surface area contributed by atoms with E-state index in [1.54, 1.807) is 36.4 Å². The minimum Gasteiger partial charge on any atom is -0.493 e. The number of benzene rings is 3. The van der Waals surface area contributed by atoms with Crippen molar-refractivity contribution in [2.75, 3.05) is 7.11 Å². The first-order valence-electron chi connectivity index (χ1n) is 10.2. The number of methoxy groups -OCH3 is 1. The highest BCUT2D eigenvalue weighted by molar-refractivity contribution is 9.10. The van der Waals surface area contributed by atoms with Gasteiger partial charge in [0.25, 0.3) is 11.1 Å². The number of halogens is 4. The van der Waals surface area contributed by atoms with Gasteiger partial charge in [0.15, 0.2) is 11.5 Å². The van der Waals surface area contributed by atoms with E-state index in [4.69, 9.17) is 21.1 Å². The van der Waals surface area contributed by atoms with Crippen molar-refractivity contribution in [3.8, 4) is 11.5 Å². The van der Waals surface area contributed by atoms with Crippen molar-refractivity contribution in [3.05, 3.63) is 96.0 Å². The molecule has 3 aromatic carbocycles. The van der Waals surface area contributed by atoms with Crippen LogP contribution >= 0.6 is 55.2 Å². The van der Waals surface area contributed by atoms with Gasteiger partial charge in [-0.25, -0.2) is 9.18 Å². The van der Waals surface area contributed by atoms with Crippen molar-refractivity contribution in [3.63, 3.8) is 0 Å². The Labute approximate surface area is 231 Å². The molecule has 0 spiro atoms. The number of hydrogen-bond donors (Lipinski definition) is 0.